The average Bonchev–Trinajstić information content (AvgIpc) is 3.05. The molecule has 0 spiro atoms. The topological polar surface area (TPSA) is 66.0 Å². The van der Waals surface area contributed by atoms with E-state index in [0.717, 1.165) is 22.6 Å². The number of hydrogen-bond acceptors (Lipinski definition) is 2. The van der Waals surface area contributed by atoms with Gasteiger partial charge in [0.05, 0.1) is 17.5 Å². The van der Waals surface area contributed by atoms with E-state index in [1.807, 2.05) is 0 Å². The van der Waals surface area contributed by atoms with Crippen LogP contribution in [-0.2, 0) is 0 Å². The number of carboxylic acids is 1. The van der Waals surface area contributed by atoms with Crippen LogP contribution in [0, 0.1) is 0 Å². The Morgan fingerprint density at radius 3 is 2.17 bits per heavy atom. The number of benzene rings is 2. The molecule has 0 saturated carbocycles. The van der Waals surface area contributed by atoms with E-state index in [2.05, 4.69) is 48.1 Å². The molecular formula is C19H18N2O2. The Bertz CT molecular complexity index is 815. The van der Waals surface area contributed by atoms with Gasteiger partial charge in [0, 0.05) is 5.56 Å². The third-order valence-corrected chi connectivity index (χ3v) is 3.87. The van der Waals surface area contributed by atoms with Crippen molar-refractivity contribution in [1.82, 2.24) is 9.97 Å². The standard InChI is InChI=1S/C19H18N2O2/c1-12(2)13-3-5-14(6-4-13)17-11-20-18(21-17)15-7-9-16(10-8-15)19(22)23/h3-12H,1-2H3,(H,20,21)(H,22,23). The van der Waals surface area contributed by atoms with Gasteiger partial charge in [-0.05, 0) is 29.2 Å². The molecule has 4 nitrogen and oxygen atoms in total. The zero-order valence-electron chi connectivity index (χ0n) is 13.1. The second-order valence-electron chi connectivity index (χ2n) is 5.80. The Labute approximate surface area is 134 Å². The van der Waals surface area contributed by atoms with Crippen LogP contribution in [-0.4, -0.2) is 21.0 Å². The highest BCUT2D eigenvalue weighted by Crippen LogP contribution is 2.24. The highest BCUT2D eigenvalue weighted by molar-refractivity contribution is 5.88. The van der Waals surface area contributed by atoms with Gasteiger partial charge in [-0.25, -0.2) is 9.78 Å². The van der Waals surface area contributed by atoms with E-state index in [9.17, 15) is 4.79 Å². The summed E-state index contributed by atoms with van der Waals surface area (Å²) >= 11 is 0. The molecule has 2 N–H and O–H groups in total. The van der Waals surface area contributed by atoms with Crippen LogP contribution in [0.5, 0.6) is 0 Å². The fraction of sp³-hybridized carbons (Fsp3) is 0.158. The number of carboxylic acid groups (broad SMARTS) is 1. The third kappa shape index (κ3) is 3.16. The zero-order valence-corrected chi connectivity index (χ0v) is 13.1. The van der Waals surface area contributed by atoms with Crippen LogP contribution < -0.4 is 0 Å². The van der Waals surface area contributed by atoms with Crippen molar-refractivity contribution >= 4 is 5.97 Å². The van der Waals surface area contributed by atoms with Gasteiger partial charge in [-0.1, -0.05) is 50.2 Å². The van der Waals surface area contributed by atoms with Gasteiger partial charge < -0.3 is 10.1 Å². The van der Waals surface area contributed by atoms with Gasteiger partial charge in [0.2, 0.25) is 0 Å². The molecule has 23 heavy (non-hydrogen) atoms. The summed E-state index contributed by atoms with van der Waals surface area (Å²) in [5.74, 6) is 0.306. The predicted octanol–water partition coefficient (Wildman–Crippen LogP) is 4.57. The van der Waals surface area contributed by atoms with Crippen molar-refractivity contribution in [3.63, 3.8) is 0 Å². The first kappa shape index (κ1) is 15.0. The Hall–Kier alpha value is -2.88. The van der Waals surface area contributed by atoms with Crippen molar-refractivity contribution in [2.24, 2.45) is 0 Å². The van der Waals surface area contributed by atoms with E-state index in [1.54, 1.807) is 30.5 Å². The van der Waals surface area contributed by atoms with Crippen LogP contribution in [0.1, 0.15) is 35.7 Å². The van der Waals surface area contributed by atoms with Crippen molar-refractivity contribution in [3.05, 3.63) is 65.9 Å². The molecular weight excluding hydrogens is 288 g/mol. The fourth-order valence-corrected chi connectivity index (χ4v) is 2.43. The summed E-state index contributed by atoms with van der Waals surface area (Å²) in [6.45, 7) is 4.34. The summed E-state index contributed by atoms with van der Waals surface area (Å²) in [6, 6.07) is 15.1. The van der Waals surface area contributed by atoms with Crippen LogP contribution in [0.4, 0.5) is 0 Å². The molecule has 0 aliphatic carbocycles. The van der Waals surface area contributed by atoms with Crippen LogP contribution in [0.3, 0.4) is 0 Å². The fourth-order valence-electron chi connectivity index (χ4n) is 2.43. The van der Waals surface area contributed by atoms with Gasteiger partial charge in [-0.3, -0.25) is 0 Å². The van der Waals surface area contributed by atoms with E-state index in [0.29, 0.717) is 5.92 Å². The maximum atomic E-state index is 10.9. The van der Waals surface area contributed by atoms with Crippen molar-refractivity contribution in [2.45, 2.75) is 19.8 Å². The minimum Gasteiger partial charge on any atom is -0.478 e. The maximum absolute atomic E-state index is 10.9. The lowest BCUT2D eigenvalue weighted by atomic mass is 10.0. The van der Waals surface area contributed by atoms with Gasteiger partial charge >= 0.3 is 5.97 Å². The number of hydrogen-bond donors (Lipinski definition) is 2. The molecule has 0 amide bonds. The van der Waals surface area contributed by atoms with Crippen molar-refractivity contribution in [1.29, 1.82) is 0 Å². The molecule has 116 valence electrons. The highest BCUT2D eigenvalue weighted by Gasteiger charge is 2.08. The highest BCUT2D eigenvalue weighted by atomic mass is 16.4. The molecule has 2 aromatic carbocycles. The SMILES string of the molecule is CC(C)c1ccc(-c2cnc(-c3ccc(C(=O)O)cc3)[nH]2)cc1. The normalized spacial score (nSPS) is 10.9. The van der Waals surface area contributed by atoms with E-state index < -0.39 is 5.97 Å². The van der Waals surface area contributed by atoms with Crippen LogP contribution in [0.2, 0.25) is 0 Å². The Kier molecular flexibility index (Phi) is 3.98. The second kappa shape index (κ2) is 6.08. The number of carbonyl (C=O) groups is 1. The number of imidazole rings is 1. The molecule has 1 aromatic heterocycles. The molecule has 0 unspecified atom stereocenters. The number of rotatable bonds is 4. The Morgan fingerprint density at radius 1 is 1.00 bits per heavy atom. The maximum Gasteiger partial charge on any atom is 0.335 e. The molecule has 0 fully saturated rings. The lowest BCUT2D eigenvalue weighted by molar-refractivity contribution is 0.0697. The Balaban J connectivity index is 1.86. The van der Waals surface area contributed by atoms with E-state index in [-0.39, 0.29) is 5.56 Å². The molecule has 4 heteroatoms. The van der Waals surface area contributed by atoms with Crippen LogP contribution in [0.25, 0.3) is 22.6 Å². The van der Waals surface area contributed by atoms with Gasteiger partial charge in [0.1, 0.15) is 5.82 Å². The first-order valence-corrected chi connectivity index (χ1v) is 7.53. The number of aromatic carboxylic acids is 1. The zero-order chi connectivity index (χ0) is 16.4. The first-order chi connectivity index (χ1) is 11.0. The molecule has 3 aromatic rings. The van der Waals surface area contributed by atoms with Crippen LogP contribution in [0.15, 0.2) is 54.7 Å². The quantitative estimate of drug-likeness (QED) is 0.742. The lowest BCUT2D eigenvalue weighted by Gasteiger charge is -2.05. The van der Waals surface area contributed by atoms with Gasteiger partial charge in [0.15, 0.2) is 0 Å². The summed E-state index contributed by atoms with van der Waals surface area (Å²) in [6.07, 6.45) is 1.80. The van der Waals surface area contributed by atoms with E-state index in [1.165, 1.54) is 5.56 Å². The smallest absolute Gasteiger partial charge is 0.335 e. The summed E-state index contributed by atoms with van der Waals surface area (Å²) in [4.78, 5) is 18.6. The molecule has 0 aliphatic rings. The summed E-state index contributed by atoms with van der Waals surface area (Å²) in [5, 5.41) is 8.94. The number of aromatic nitrogens is 2. The number of nitrogens with one attached hydrogen (secondary N) is 1. The largest absolute Gasteiger partial charge is 0.478 e. The van der Waals surface area contributed by atoms with Gasteiger partial charge in [0.25, 0.3) is 0 Å². The molecule has 0 radical (unpaired) electrons. The van der Waals surface area contributed by atoms with Crippen molar-refractivity contribution < 1.29 is 9.90 Å². The molecule has 3 rings (SSSR count). The molecule has 0 bridgehead atoms. The minimum atomic E-state index is -0.929. The number of aromatic amines is 1. The molecule has 0 aliphatic heterocycles. The molecule has 0 saturated heterocycles. The molecule has 0 atom stereocenters. The Morgan fingerprint density at radius 2 is 1.61 bits per heavy atom. The third-order valence-electron chi connectivity index (χ3n) is 3.87. The summed E-state index contributed by atoms with van der Waals surface area (Å²) < 4.78 is 0. The number of H-pyrrole nitrogens is 1. The van der Waals surface area contributed by atoms with Gasteiger partial charge in [-0.2, -0.15) is 0 Å². The van der Waals surface area contributed by atoms with E-state index >= 15 is 0 Å². The summed E-state index contributed by atoms with van der Waals surface area (Å²) in [5.41, 5.74) is 4.45. The second-order valence-corrected chi connectivity index (χ2v) is 5.80. The average molecular weight is 306 g/mol. The van der Waals surface area contributed by atoms with Crippen LogP contribution >= 0.6 is 0 Å². The molecule has 1 heterocycles. The van der Waals surface area contributed by atoms with Crippen molar-refractivity contribution in [3.8, 4) is 22.6 Å². The predicted molar refractivity (Wildman–Crippen MR) is 90.5 cm³/mol. The van der Waals surface area contributed by atoms with E-state index in [4.69, 9.17) is 5.11 Å². The van der Waals surface area contributed by atoms with Gasteiger partial charge in [-0.15, -0.1) is 0 Å². The minimum absolute atomic E-state index is 0.268. The van der Waals surface area contributed by atoms with Crippen molar-refractivity contribution in [2.75, 3.05) is 0 Å². The number of nitrogens with zero attached hydrogens (tertiary/aromatic N) is 1. The first-order valence-electron chi connectivity index (χ1n) is 7.53. The summed E-state index contributed by atoms with van der Waals surface area (Å²) in [7, 11) is 0. The monoisotopic (exact) mass is 306 g/mol. The lowest BCUT2D eigenvalue weighted by Crippen LogP contribution is -1.95.